The van der Waals surface area contributed by atoms with Crippen molar-refractivity contribution in [1.82, 2.24) is 20.0 Å². The molecule has 0 unspecified atom stereocenters. The molecule has 1 aliphatic heterocycles. The van der Waals surface area contributed by atoms with Crippen LogP contribution in [0.15, 0.2) is 6.20 Å². The number of aryl methyl sites for hydroxylation is 1. The summed E-state index contributed by atoms with van der Waals surface area (Å²) in [4.78, 5) is 27.2. The van der Waals surface area contributed by atoms with Crippen molar-refractivity contribution in [3.8, 4) is 0 Å². The van der Waals surface area contributed by atoms with Crippen LogP contribution in [0.4, 0.5) is 4.39 Å². The number of aromatic nitrogens is 2. The van der Waals surface area contributed by atoms with Crippen molar-refractivity contribution in [3.63, 3.8) is 0 Å². The lowest BCUT2D eigenvalue weighted by Crippen LogP contribution is -2.70. The molecule has 136 valence electrons. The Kier molecular flexibility index (Phi) is 3.50. The molecule has 2 bridgehead atoms. The third-order valence-electron chi connectivity index (χ3n) is 6.40. The highest BCUT2D eigenvalue weighted by molar-refractivity contribution is 5.95. The van der Waals surface area contributed by atoms with Crippen molar-refractivity contribution in [1.29, 1.82) is 0 Å². The van der Waals surface area contributed by atoms with Crippen LogP contribution in [0.5, 0.6) is 0 Å². The molecule has 3 saturated carbocycles. The van der Waals surface area contributed by atoms with Crippen LogP contribution in [0.1, 0.15) is 55.6 Å². The van der Waals surface area contributed by atoms with Gasteiger partial charge in [-0.05, 0) is 46.5 Å². The predicted molar refractivity (Wildman–Crippen MR) is 89.8 cm³/mol. The van der Waals surface area contributed by atoms with Gasteiger partial charge in [-0.3, -0.25) is 14.3 Å². The lowest BCUT2D eigenvalue weighted by Gasteiger charge is -2.65. The van der Waals surface area contributed by atoms with Gasteiger partial charge in [-0.15, -0.1) is 0 Å². The first kappa shape index (κ1) is 16.5. The number of rotatable bonds is 4. The second-order valence-electron chi connectivity index (χ2n) is 8.03. The number of amides is 2. The van der Waals surface area contributed by atoms with E-state index in [1.54, 1.807) is 10.9 Å². The van der Waals surface area contributed by atoms with Crippen LogP contribution >= 0.6 is 0 Å². The molecule has 6 nitrogen and oxygen atoms in total. The Morgan fingerprint density at radius 3 is 2.64 bits per heavy atom. The summed E-state index contributed by atoms with van der Waals surface area (Å²) in [6.45, 7) is 7.18. The van der Waals surface area contributed by atoms with E-state index in [2.05, 4.69) is 10.4 Å². The Bertz CT molecular complexity index is 724. The van der Waals surface area contributed by atoms with Crippen molar-refractivity contribution >= 4 is 11.8 Å². The Morgan fingerprint density at radius 1 is 1.40 bits per heavy atom. The number of nitrogens with zero attached hydrogens (tertiary/aromatic N) is 3. The number of carbonyl (C=O) groups excluding carboxylic acids is 2. The SMILES string of the molecule is CCn1ncc(C(=O)N[C@@H]2CCN(C(=O)C34CC(F)(C3)C4)[C@@H]2C)c1C. The van der Waals surface area contributed by atoms with E-state index >= 15 is 0 Å². The number of alkyl halides is 1. The molecule has 0 spiro atoms. The molecule has 5 rings (SSSR count). The summed E-state index contributed by atoms with van der Waals surface area (Å²) in [6.07, 6.45) is 3.48. The average Bonchev–Trinajstić information content (AvgIpc) is 3.06. The van der Waals surface area contributed by atoms with Crippen LogP contribution in [-0.4, -0.2) is 50.8 Å². The van der Waals surface area contributed by atoms with E-state index in [-0.39, 0.29) is 23.9 Å². The van der Waals surface area contributed by atoms with Gasteiger partial charge in [-0.2, -0.15) is 5.10 Å². The molecule has 25 heavy (non-hydrogen) atoms. The van der Waals surface area contributed by atoms with Crippen LogP contribution in [0.2, 0.25) is 0 Å². The van der Waals surface area contributed by atoms with E-state index in [0.717, 1.165) is 18.7 Å². The molecule has 0 radical (unpaired) electrons. The van der Waals surface area contributed by atoms with Gasteiger partial charge in [0.1, 0.15) is 5.67 Å². The summed E-state index contributed by atoms with van der Waals surface area (Å²) in [7, 11) is 0. The molecule has 1 aromatic rings. The van der Waals surface area contributed by atoms with Gasteiger partial charge in [-0.25, -0.2) is 4.39 Å². The van der Waals surface area contributed by atoms with Crippen molar-refractivity contribution in [3.05, 3.63) is 17.5 Å². The Hall–Kier alpha value is -1.92. The topological polar surface area (TPSA) is 67.2 Å². The van der Waals surface area contributed by atoms with E-state index in [4.69, 9.17) is 0 Å². The normalized spacial score (nSPS) is 35.9. The predicted octanol–water partition coefficient (Wildman–Crippen LogP) is 1.82. The van der Waals surface area contributed by atoms with Crippen LogP contribution in [0.25, 0.3) is 0 Å². The highest BCUT2D eigenvalue weighted by atomic mass is 19.1. The van der Waals surface area contributed by atoms with Gasteiger partial charge >= 0.3 is 0 Å². The third-order valence-corrected chi connectivity index (χ3v) is 6.40. The zero-order valence-electron chi connectivity index (χ0n) is 15.0. The van der Waals surface area contributed by atoms with Crippen LogP contribution in [0, 0.1) is 12.3 Å². The molecule has 1 N–H and O–H groups in total. The van der Waals surface area contributed by atoms with Crippen molar-refractivity contribution in [2.24, 2.45) is 5.41 Å². The zero-order valence-corrected chi connectivity index (χ0v) is 15.0. The van der Waals surface area contributed by atoms with Crippen LogP contribution < -0.4 is 5.32 Å². The van der Waals surface area contributed by atoms with E-state index in [0.29, 0.717) is 31.4 Å². The standard InChI is InChI=1S/C18H25FN4O2/c1-4-23-11(2)13(7-20-23)15(24)21-14-5-6-22(12(14)3)16(25)17-8-18(19,9-17)10-17/h7,12,14H,4-6,8-10H2,1-3H3,(H,21,24)/t12-,14-,17?,18?/m1/s1. The molecule has 2 heterocycles. The molecular formula is C18H25FN4O2. The Labute approximate surface area is 146 Å². The fourth-order valence-corrected chi connectivity index (χ4v) is 4.85. The van der Waals surface area contributed by atoms with Gasteiger partial charge in [0.15, 0.2) is 0 Å². The zero-order chi connectivity index (χ0) is 18.0. The summed E-state index contributed by atoms with van der Waals surface area (Å²) in [6, 6.07) is -0.143. The van der Waals surface area contributed by atoms with Crippen molar-refractivity contribution in [2.45, 2.75) is 70.8 Å². The lowest BCUT2D eigenvalue weighted by molar-refractivity contribution is -0.222. The minimum absolute atomic E-state index is 0.0671. The number of hydrogen-bond donors (Lipinski definition) is 1. The molecule has 2 amide bonds. The fourth-order valence-electron chi connectivity index (χ4n) is 4.85. The van der Waals surface area contributed by atoms with E-state index in [9.17, 15) is 14.0 Å². The molecule has 1 aromatic heterocycles. The number of halogens is 1. The number of hydrogen-bond acceptors (Lipinski definition) is 3. The van der Waals surface area contributed by atoms with Crippen molar-refractivity contribution < 1.29 is 14.0 Å². The van der Waals surface area contributed by atoms with Crippen molar-refractivity contribution in [2.75, 3.05) is 6.54 Å². The maximum atomic E-state index is 13.7. The minimum atomic E-state index is -1.07. The second-order valence-corrected chi connectivity index (χ2v) is 8.03. The van der Waals surface area contributed by atoms with E-state index in [1.165, 1.54) is 0 Å². The molecule has 7 heteroatoms. The van der Waals surface area contributed by atoms with E-state index in [1.807, 2.05) is 25.7 Å². The molecule has 2 atom stereocenters. The highest BCUT2D eigenvalue weighted by Gasteiger charge is 2.73. The lowest BCUT2D eigenvalue weighted by atomic mass is 9.42. The third kappa shape index (κ3) is 2.31. The molecule has 1 saturated heterocycles. The quantitative estimate of drug-likeness (QED) is 0.903. The first-order valence-electron chi connectivity index (χ1n) is 9.12. The summed E-state index contributed by atoms with van der Waals surface area (Å²) in [5, 5.41) is 7.27. The van der Waals surface area contributed by atoms with Crippen LogP contribution in [-0.2, 0) is 11.3 Å². The highest BCUT2D eigenvalue weighted by Crippen LogP contribution is 2.70. The molecule has 4 aliphatic rings. The summed E-state index contributed by atoms with van der Waals surface area (Å²) in [5.41, 5.74) is -0.0810. The van der Waals surface area contributed by atoms with Gasteiger partial charge in [0.05, 0.1) is 23.2 Å². The van der Waals surface area contributed by atoms with Gasteiger partial charge in [-0.1, -0.05) is 0 Å². The van der Waals surface area contributed by atoms with Gasteiger partial charge < -0.3 is 10.2 Å². The molecular weight excluding hydrogens is 323 g/mol. The smallest absolute Gasteiger partial charge is 0.255 e. The van der Waals surface area contributed by atoms with Gasteiger partial charge in [0, 0.05) is 24.8 Å². The maximum absolute atomic E-state index is 13.7. The average molecular weight is 348 g/mol. The monoisotopic (exact) mass is 348 g/mol. The summed E-state index contributed by atoms with van der Waals surface area (Å²) in [5.74, 6) is -0.0668. The number of carbonyl (C=O) groups is 2. The van der Waals surface area contributed by atoms with E-state index < -0.39 is 11.1 Å². The van der Waals surface area contributed by atoms with Crippen LogP contribution in [0.3, 0.4) is 0 Å². The summed E-state index contributed by atoms with van der Waals surface area (Å²) < 4.78 is 15.5. The largest absolute Gasteiger partial charge is 0.347 e. The Balaban J connectivity index is 1.40. The first-order chi connectivity index (χ1) is 11.8. The first-order valence-corrected chi connectivity index (χ1v) is 9.12. The molecule has 4 fully saturated rings. The number of likely N-dealkylation sites (tertiary alicyclic amines) is 1. The van der Waals surface area contributed by atoms with Gasteiger partial charge in [0.25, 0.3) is 5.91 Å². The molecule has 0 aromatic carbocycles. The summed E-state index contributed by atoms with van der Waals surface area (Å²) >= 11 is 0. The Morgan fingerprint density at radius 2 is 2.08 bits per heavy atom. The fraction of sp³-hybridized carbons (Fsp3) is 0.722. The second kappa shape index (κ2) is 5.29. The maximum Gasteiger partial charge on any atom is 0.255 e. The van der Waals surface area contributed by atoms with Gasteiger partial charge in [0.2, 0.25) is 5.91 Å². The molecule has 3 aliphatic carbocycles. The number of nitrogens with one attached hydrogen (secondary N) is 1. The minimum Gasteiger partial charge on any atom is -0.347 e.